The van der Waals surface area contributed by atoms with Crippen LogP contribution >= 0.6 is 0 Å². The average molecular weight is 306 g/mol. The summed E-state index contributed by atoms with van der Waals surface area (Å²) in [7, 11) is -0.457. The Hall–Kier alpha value is -2.05. The van der Waals surface area contributed by atoms with Crippen LogP contribution in [0.5, 0.6) is 5.75 Å². The molecule has 2 N–H and O–H groups in total. The molecule has 0 heterocycles. The van der Waals surface area contributed by atoms with E-state index in [9.17, 15) is 8.42 Å². The van der Waals surface area contributed by atoms with E-state index in [4.69, 9.17) is 10.5 Å². The largest absolute Gasteiger partial charge is 0.497 e. The van der Waals surface area contributed by atoms with E-state index in [1.165, 1.54) is 23.5 Å². The van der Waals surface area contributed by atoms with Gasteiger partial charge in [-0.05, 0) is 42.0 Å². The third-order valence-corrected chi connectivity index (χ3v) is 4.94. The molecule has 2 aromatic rings. The van der Waals surface area contributed by atoms with Gasteiger partial charge in [-0.25, -0.2) is 8.42 Å². The van der Waals surface area contributed by atoms with Crippen LogP contribution < -0.4 is 10.5 Å². The maximum Gasteiger partial charge on any atom is 0.243 e. The topological polar surface area (TPSA) is 72.6 Å². The maximum atomic E-state index is 12.5. The highest BCUT2D eigenvalue weighted by atomic mass is 32.2. The normalized spacial score (nSPS) is 11.6. The van der Waals surface area contributed by atoms with Gasteiger partial charge in [0.25, 0.3) is 0 Å². The van der Waals surface area contributed by atoms with Crippen LogP contribution in [0.15, 0.2) is 53.4 Å². The standard InChI is InChI=1S/C15H18N2O3S/c1-17(11-12-4-3-5-13(16)10-12)21(18,19)15-8-6-14(20-2)7-9-15/h3-10H,11,16H2,1-2H3. The van der Waals surface area contributed by atoms with Gasteiger partial charge >= 0.3 is 0 Å². The fourth-order valence-electron chi connectivity index (χ4n) is 1.96. The van der Waals surface area contributed by atoms with E-state index < -0.39 is 10.0 Å². The summed E-state index contributed by atoms with van der Waals surface area (Å²) in [6.45, 7) is 0.263. The van der Waals surface area contributed by atoms with E-state index in [-0.39, 0.29) is 11.4 Å². The summed E-state index contributed by atoms with van der Waals surface area (Å²) in [5.41, 5.74) is 7.16. The lowest BCUT2D eigenvalue weighted by Gasteiger charge is -2.17. The highest BCUT2D eigenvalue weighted by Gasteiger charge is 2.20. The van der Waals surface area contributed by atoms with Crippen molar-refractivity contribution in [1.82, 2.24) is 4.31 Å². The fourth-order valence-corrected chi connectivity index (χ4v) is 3.12. The Bertz CT molecular complexity index is 712. The Kier molecular flexibility index (Phi) is 4.50. The van der Waals surface area contributed by atoms with Gasteiger partial charge in [-0.2, -0.15) is 4.31 Å². The van der Waals surface area contributed by atoms with Crippen molar-refractivity contribution in [2.75, 3.05) is 19.9 Å². The molecule has 0 aliphatic carbocycles. The number of nitrogens with two attached hydrogens (primary N) is 1. The molecule has 0 aromatic heterocycles. The SMILES string of the molecule is COc1ccc(S(=O)(=O)N(C)Cc2cccc(N)c2)cc1. The van der Waals surface area contributed by atoms with Crippen molar-refractivity contribution in [3.63, 3.8) is 0 Å². The number of benzene rings is 2. The Labute approximate surface area is 125 Å². The second-order valence-corrected chi connectivity index (χ2v) is 6.73. The van der Waals surface area contributed by atoms with Crippen LogP contribution in [0.1, 0.15) is 5.56 Å². The molecule has 2 rings (SSSR count). The number of sulfonamides is 1. The first kappa shape index (κ1) is 15.3. The van der Waals surface area contributed by atoms with Crippen molar-refractivity contribution >= 4 is 15.7 Å². The summed E-state index contributed by atoms with van der Waals surface area (Å²) in [6, 6.07) is 13.5. The van der Waals surface area contributed by atoms with Crippen LogP contribution in [0, 0.1) is 0 Å². The first-order chi connectivity index (χ1) is 9.93. The van der Waals surface area contributed by atoms with Crippen LogP contribution in [0.25, 0.3) is 0 Å². The lowest BCUT2D eigenvalue weighted by molar-refractivity contribution is 0.414. The number of ether oxygens (including phenoxy) is 1. The highest BCUT2D eigenvalue weighted by Crippen LogP contribution is 2.20. The molecule has 0 amide bonds. The molecule has 0 aliphatic rings. The van der Waals surface area contributed by atoms with Gasteiger partial charge in [-0.3, -0.25) is 0 Å². The number of hydrogen-bond donors (Lipinski definition) is 1. The van der Waals surface area contributed by atoms with Crippen molar-refractivity contribution in [3.8, 4) is 5.75 Å². The number of methoxy groups -OCH3 is 1. The van der Waals surface area contributed by atoms with E-state index in [1.54, 1.807) is 37.4 Å². The molecule has 5 nitrogen and oxygen atoms in total. The summed E-state index contributed by atoms with van der Waals surface area (Å²) in [6.07, 6.45) is 0. The number of nitrogen functional groups attached to an aromatic ring is 1. The van der Waals surface area contributed by atoms with Crippen molar-refractivity contribution in [3.05, 3.63) is 54.1 Å². The quantitative estimate of drug-likeness (QED) is 0.859. The van der Waals surface area contributed by atoms with Gasteiger partial charge in [-0.1, -0.05) is 12.1 Å². The van der Waals surface area contributed by atoms with Gasteiger partial charge in [0, 0.05) is 19.3 Å². The summed E-state index contributed by atoms with van der Waals surface area (Å²) < 4.78 is 31.3. The summed E-state index contributed by atoms with van der Waals surface area (Å²) in [5, 5.41) is 0. The third kappa shape index (κ3) is 3.53. The fraction of sp³-hybridized carbons (Fsp3) is 0.200. The summed E-state index contributed by atoms with van der Waals surface area (Å²) >= 11 is 0. The van der Waals surface area contributed by atoms with Gasteiger partial charge in [0.15, 0.2) is 0 Å². The van der Waals surface area contributed by atoms with Crippen LogP contribution in [-0.2, 0) is 16.6 Å². The third-order valence-electron chi connectivity index (χ3n) is 3.12. The zero-order chi connectivity index (χ0) is 15.5. The summed E-state index contributed by atoms with van der Waals surface area (Å²) in [4.78, 5) is 0.231. The van der Waals surface area contributed by atoms with Crippen molar-refractivity contribution in [2.45, 2.75) is 11.4 Å². The highest BCUT2D eigenvalue weighted by molar-refractivity contribution is 7.89. The number of anilines is 1. The number of hydrogen-bond acceptors (Lipinski definition) is 4. The minimum absolute atomic E-state index is 0.231. The first-order valence-corrected chi connectivity index (χ1v) is 7.82. The van der Waals surface area contributed by atoms with E-state index in [0.29, 0.717) is 11.4 Å². The van der Waals surface area contributed by atoms with Gasteiger partial charge < -0.3 is 10.5 Å². The van der Waals surface area contributed by atoms with Gasteiger partial charge in [0.05, 0.1) is 12.0 Å². The summed E-state index contributed by atoms with van der Waals surface area (Å²) in [5.74, 6) is 0.618. The molecule has 0 fully saturated rings. The molecule has 6 heteroatoms. The molecule has 2 aromatic carbocycles. The zero-order valence-corrected chi connectivity index (χ0v) is 12.8. The van der Waals surface area contributed by atoms with Crippen LogP contribution in [0.2, 0.25) is 0 Å². The van der Waals surface area contributed by atoms with Crippen LogP contribution in [0.3, 0.4) is 0 Å². The van der Waals surface area contributed by atoms with Gasteiger partial charge in [0.2, 0.25) is 10.0 Å². The first-order valence-electron chi connectivity index (χ1n) is 6.38. The van der Waals surface area contributed by atoms with Crippen molar-refractivity contribution < 1.29 is 13.2 Å². The molecule has 0 radical (unpaired) electrons. The molecule has 0 unspecified atom stereocenters. The minimum atomic E-state index is -3.54. The minimum Gasteiger partial charge on any atom is -0.497 e. The monoisotopic (exact) mass is 306 g/mol. The molecule has 0 saturated carbocycles. The molecule has 0 spiro atoms. The Morgan fingerprint density at radius 1 is 1.14 bits per heavy atom. The predicted octanol–water partition coefficient (Wildman–Crippen LogP) is 2.10. The van der Waals surface area contributed by atoms with Gasteiger partial charge in [0.1, 0.15) is 5.75 Å². The second kappa shape index (κ2) is 6.15. The number of nitrogens with zero attached hydrogens (tertiary/aromatic N) is 1. The molecule has 0 bridgehead atoms. The predicted molar refractivity (Wildman–Crippen MR) is 82.5 cm³/mol. The average Bonchev–Trinajstić information content (AvgIpc) is 2.47. The van der Waals surface area contributed by atoms with Crippen LogP contribution in [0.4, 0.5) is 5.69 Å². The molecule has 21 heavy (non-hydrogen) atoms. The smallest absolute Gasteiger partial charge is 0.243 e. The lowest BCUT2D eigenvalue weighted by atomic mass is 10.2. The van der Waals surface area contributed by atoms with Crippen LogP contribution in [-0.4, -0.2) is 26.9 Å². The maximum absolute atomic E-state index is 12.5. The second-order valence-electron chi connectivity index (χ2n) is 4.68. The van der Waals surface area contributed by atoms with E-state index >= 15 is 0 Å². The van der Waals surface area contributed by atoms with E-state index in [0.717, 1.165) is 5.56 Å². The van der Waals surface area contributed by atoms with Crippen molar-refractivity contribution in [1.29, 1.82) is 0 Å². The van der Waals surface area contributed by atoms with E-state index in [1.807, 2.05) is 6.07 Å². The molecule has 0 aliphatic heterocycles. The molecular formula is C15H18N2O3S. The molecule has 0 saturated heterocycles. The van der Waals surface area contributed by atoms with E-state index in [2.05, 4.69) is 0 Å². The van der Waals surface area contributed by atoms with Gasteiger partial charge in [-0.15, -0.1) is 0 Å². The molecule has 112 valence electrons. The molecule has 0 atom stereocenters. The Balaban J connectivity index is 2.21. The number of rotatable bonds is 5. The van der Waals surface area contributed by atoms with Crippen molar-refractivity contribution in [2.24, 2.45) is 0 Å². The lowest BCUT2D eigenvalue weighted by Crippen LogP contribution is -2.26. The zero-order valence-electron chi connectivity index (χ0n) is 12.0. The Morgan fingerprint density at radius 2 is 1.81 bits per heavy atom. The molecular weight excluding hydrogens is 288 g/mol. The Morgan fingerprint density at radius 3 is 2.38 bits per heavy atom.